The van der Waals surface area contributed by atoms with Crippen molar-refractivity contribution in [3.05, 3.63) is 46.1 Å². The number of aliphatic hydroxyl groups excluding tert-OH is 8. The van der Waals surface area contributed by atoms with E-state index in [2.05, 4.69) is 0 Å². The van der Waals surface area contributed by atoms with E-state index >= 15 is 0 Å². The maximum absolute atomic E-state index is 13.9. The zero-order chi connectivity index (χ0) is 31.3. The predicted molar refractivity (Wildman–Crippen MR) is 140 cm³/mol. The predicted octanol–water partition coefficient (Wildman–Crippen LogP) is -2.73. The van der Waals surface area contributed by atoms with Gasteiger partial charge < -0.3 is 74.8 Å². The van der Waals surface area contributed by atoms with Gasteiger partial charge in [0.05, 0.1) is 18.8 Å². The highest BCUT2D eigenvalue weighted by molar-refractivity contribution is 5.90. The van der Waals surface area contributed by atoms with Crippen LogP contribution in [0, 0.1) is 0 Å². The van der Waals surface area contributed by atoms with E-state index < -0.39 is 114 Å². The molecule has 3 heterocycles. The van der Waals surface area contributed by atoms with Crippen LogP contribution in [0.15, 0.2) is 39.5 Å². The lowest BCUT2D eigenvalue weighted by molar-refractivity contribution is -0.277. The minimum absolute atomic E-state index is 0.119. The summed E-state index contributed by atoms with van der Waals surface area (Å²) < 4.78 is 22.3. The number of benzene rings is 2. The Hall–Kier alpha value is -3.55. The standard InChI is InChI=1S/C27H30O16/c28-6-12-16(32)20(36)22(38)25(41-12)14-10(31)5-11-15(18(14)34)19(35)26(24(40-11)8-1-3-9(30)4-2-8)43-27-23(39)21(37)17(33)13(7-29)42-27/h1-5,12-13,16-17,20-23,25,27-34,36-39H,6-7H2/t12-,13-,16-,17-,20+,21+,22-,23-,25+,27+/m1/s1. The second-order valence-corrected chi connectivity index (χ2v) is 10.2. The van der Waals surface area contributed by atoms with Gasteiger partial charge in [-0.1, -0.05) is 0 Å². The molecule has 43 heavy (non-hydrogen) atoms. The zero-order valence-corrected chi connectivity index (χ0v) is 22.0. The highest BCUT2D eigenvalue weighted by Crippen LogP contribution is 2.46. The van der Waals surface area contributed by atoms with E-state index in [-0.39, 0.29) is 17.1 Å². The SMILES string of the molecule is O=c1c(O[C@@H]2O[C@H](CO)[C@@H](O)[C@H](O)[C@H]2O)c(-c2ccc(O)cc2)oc2cc(O)c([C@@H]3O[C@H](CO)[C@@H](O)[C@H](O)[C@H]3O)c(O)c12. The van der Waals surface area contributed by atoms with Gasteiger partial charge in [0.15, 0.2) is 5.76 Å². The number of hydrogen-bond acceptors (Lipinski definition) is 16. The van der Waals surface area contributed by atoms with Gasteiger partial charge in [-0.25, -0.2) is 0 Å². The third-order valence-electron chi connectivity index (χ3n) is 7.52. The zero-order valence-electron chi connectivity index (χ0n) is 22.0. The lowest BCUT2D eigenvalue weighted by Gasteiger charge is -2.40. The van der Waals surface area contributed by atoms with Crippen molar-refractivity contribution in [2.75, 3.05) is 13.2 Å². The topological polar surface area (TPSA) is 280 Å². The van der Waals surface area contributed by atoms with E-state index in [9.17, 15) is 61.0 Å². The van der Waals surface area contributed by atoms with Gasteiger partial charge in [0.25, 0.3) is 0 Å². The summed E-state index contributed by atoms with van der Waals surface area (Å²) >= 11 is 0. The van der Waals surface area contributed by atoms with Crippen LogP contribution in [0.5, 0.6) is 23.0 Å². The van der Waals surface area contributed by atoms with Crippen LogP contribution in [0.2, 0.25) is 0 Å². The van der Waals surface area contributed by atoms with Gasteiger partial charge in [-0.3, -0.25) is 4.79 Å². The molecule has 0 amide bonds. The first-order valence-corrected chi connectivity index (χ1v) is 13.0. The Balaban J connectivity index is 1.70. The quantitative estimate of drug-likeness (QED) is 0.135. The molecule has 2 aromatic carbocycles. The first-order valence-electron chi connectivity index (χ1n) is 13.0. The Bertz CT molecular complexity index is 1520. The largest absolute Gasteiger partial charge is 0.508 e. The molecule has 0 unspecified atom stereocenters. The number of ether oxygens (including phenoxy) is 3. The molecule has 3 aromatic rings. The molecular formula is C27H30O16. The van der Waals surface area contributed by atoms with Crippen molar-refractivity contribution in [2.45, 2.75) is 61.2 Å². The van der Waals surface area contributed by atoms with Gasteiger partial charge in [0.1, 0.15) is 83.2 Å². The summed E-state index contributed by atoms with van der Waals surface area (Å²) in [5.74, 6) is -2.99. The molecule has 234 valence electrons. The summed E-state index contributed by atoms with van der Waals surface area (Å²) in [6, 6.07) is 6.03. The highest BCUT2D eigenvalue weighted by Gasteiger charge is 2.47. The summed E-state index contributed by atoms with van der Waals surface area (Å²) in [4.78, 5) is 13.9. The highest BCUT2D eigenvalue weighted by atomic mass is 16.7. The molecule has 0 spiro atoms. The lowest BCUT2D eigenvalue weighted by atomic mass is 9.89. The van der Waals surface area contributed by atoms with E-state index in [1.54, 1.807) is 0 Å². The molecule has 2 aliphatic heterocycles. The lowest BCUT2D eigenvalue weighted by Crippen LogP contribution is -2.60. The van der Waals surface area contributed by atoms with Gasteiger partial charge in [0, 0.05) is 11.6 Å². The summed E-state index contributed by atoms with van der Waals surface area (Å²) in [6.45, 7) is -1.61. The Morgan fingerprint density at radius 3 is 1.93 bits per heavy atom. The van der Waals surface area contributed by atoms with E-state index in [1.165, 1.54) is 24.3 Å². The van der Waals surface area contributed by atoms with Crippen molar-refractivity contribution < 1.29 is 74.8 Å². The summed E-state index contributed by atoms with van der Waals surface area (Å²) in [5.41, 5.74) is -2.04. The minimum Gasteiger partial charge on any atom is -0.508 e. The molecule has 16 heteroatoms. The third-order valence-corrected chi connectivity index (χ3v) is 7.52. The van der Waals surface area contributed by atoms with Crippen LogP contribution in [0.25, 0.3) is 22.3 Å². The van der Waals surface area contributed by atoms with Crippen molar-refractivity contribution in [2.24, 2.45) is 0 Å². The second-order valence-electron chi connectivity index (χ2n) is 10.2. The van der Waals surface area contributed by atoms with Crippen LogP contribution in [0.1, 0.15) is 11.7 Å². The van der Waals surface area contributed by atoms with Gasteiger partial charge in [-0.2, -0.15) is 0 Å². The first kappa shape index (κ1) is 30.9. The van der Waals surface area contributed by atoms with Gasteiger partial charge in [-0.15, -0.1) is 0 Å². The normalized spacial score (nSPS) is 33.0. The average molecular weight is 611 g/mol. The number of fused-ring (bicyclic) bond motifs is 1. The molecule has 0 saturated carbocycles. The summed E-state index contributed by atoms with van der Waals surface area (Å²) in [6.07, 6.45) is -17.6. The number of phenolic OH excluding ortho intramolecular Hbond substituents is 3. The average Bonchev–Trinajstić information content (AvgIpc) is 2.98. The molecular weight excluding hydrogens is 580 g/mol. The van der Waals surface area contributed by atoms with Gasteiger partial charge in [-0.05, 0) is 24.3 Å². The fourth-order valence-electron chi connectivity index (χ4n) is 5.13. The number of hydrogen-bond donors (Lipinski definition) is 11. The van der Waals surface area contributed by atoms with Crippen molar-refractivity contribution in [1.29, 1.82) is 0 Å². The van der Waals surface area contributed by atoms with Crippen molar-refractivity contribution >= 4 is 11.0 Å². The fourth-order valence-corrected chi connectivity index (χ4v) is 5.13. The number of phenols is 3. The maximum Gasteiger partial charge on any atom is 0.239 e. The molecule has 5 rings (SSSR count). The Morgan fingerprint density at radius 2 is 1.33 bits per heavy atom. The molecule has 11 N–H and O–H groups in total. The van der Waals surface area contributed by atoms with Crippen LogP contribution in [-0.2, 0) is 9.47 Å². The van der Waals surface area contributed by atoms with Crippen LogP contribution in [0.4, 0.5) is 0 Å². The maximum atomic E-state index is 13.9. The Labute approximate surface area is 241 Å². The van der Waals surface area contributed by atoms with Crippen LogP contribution in [0.3, 0.4) is 0 Å². The second kappa shape index (κ2) is 11.9. The van der Waals surface area contributed by atoms with Crippen LogP contribution >= 0.6 is 0 Å². The molecule has 0 bridgehead atoms. The number of rotatable bonds is 6. The molecule has 0 radical (unpaired) electrons. The number of aromatic hydroxyl groups is 3. The smallest absolute Gasteiger partial charge is 0.239 e. The third kappa shape index (κ3) is 5.27. The monoisotopic (exact) mass is 610 g/mol. The molecule has 1 aromatic heterocycles. The van der Waals surface area contributed by atoms with Crippen LogP contribution < -0.4 is 10.2 Å². The molecule has 0 aliphatic carbocycles. The van der Waals surface area contributed by atoms with E-state index in [1.807, 2.05) is 0 Å². The first-order chi connectivity index (χ1) is 20.4. The number of aliphatic hydroxyl groups is 8. The molecule has 2 fully saturated rings. The minimum atomic E-state index is -1.95. The van der Waals surface area contributed by atoms with Crippen molar-refractivity contribution in [1.82, 2.24) is 0 Å². The summed E-state index contributed by atoms with van der Waals surface area (Å²) in [5, 5.41) is 112. The molecule has 2 aliphatic rings. The van der Waals surface area contributed by atoms with Crippen LogP contribution in [-0.4, -0.2) is 125 Å². The molecule has 2 saturated heterocycles. The Morgan fingerprint density at radius 1 is 0.744 bits per heavy atom. The van der Waals surface area contributed by atoms with Gasteiger partial charge in [0.2, 0.25) is 17.5 Å². The van der Waals surface area contributed by atoms with Crippen molar-refractivity contribution in [3.8, 4) is 34.3 Å². The van der Waals surface area contributed by atoms with Crippen molar-refractivity contribution in [3.63, 3.8) is 0 Å². The molecule has 10 atom stereocenters. The molecule has 16 nitrogen and oxygen atoms in total. The fraction of sp³-hybridized carbons (Fsp3) is 0.444. The van der Waals surface area contributed by atoms with E-state index in [0.717, 1.165) is 6.07 Å². The van der Waals surface area contributed by atoms with E-state index in [4.69, 9.17) is 18.6 Å². The summed E-state index contributed by atoms with van der Waals surface area (Å²) in [7, 11) is 0. The van der Waals surface area contributed by atoms with Gasteiger partial charge >= 0.3 is 0 Å². The van der Waals surface area contributed by atoms with E-state index in [0.29, 0.717) is 0 Å². The Kier molecular flexibility index (Phi) is 8.52.